The molecular formula is C32H47F3. The lowest BCUT2D eigenvalue weighted by molar-refractivity contribution is -0.192. The van der Waals surface area contributed by atoms with Crippen LogP contribution in [-0.4, -0.2) is 6.18 Å². The first-order valence-corrected chi connectivity index (χ1v) is 15.0. The summed E-state index contributed by atoms with van der Waals surface area (Å²) < 4.78 is 40.6. The molecule has 3 saturated carbocycles. The van der Waals surface area contributed by atoms with Gasteiger partial charge in [0, 0.05) is 0 Å². The third-order valence-electron chi connectivity index (χ3n) is 10.6. The van der Waals surface area contributed by atoms with Crippen LogP contribution in [0.4, 0.5) is 13.2 Å². The van der Waals surface area contributed by atoms with E-state index < -0.39 is 12.1 Å². The van der Waals surface area contributed by atoms with Crippen molar-refractivity contribution in [2.45, 2.75) is 116 Å². The average molecular weight is 489 g/mol. The van der Waals surface area contributed by atoms with Gasteiger partial charge in [0.2, 0.25) is 0 Å². The lowest BCUT2D eigenvalue weighted by atomic mass is 9.64. The highest BCUT2D eigenvalue weighted by atomic mass is 19.4. The van der Waals surface area contributed by atoms with Gasteiger partial charge in [-0.25, -0.2) is 0 Å². The van der Waals surface area contributed by atoms with Crippen LogP contribution in [0.3, 0.4) is 0 Å². The van der Waals surface area contributed by atoms with Gasteiger partial charge in [0.25, 0.3) is 0 Å². The van der Waals surface area contributed by atoms with Gasteiger partial charge >= 0.3 is 6.18 Å². The third-order valence-corrected chi connectivity index (χ3v) is 10.6. The quantitative estimate of drug-likeness (QED) is 0.345. The predicted molar refractivity (Wildman–Crippen MR) is 139 cm³/mol. The Morgan fingerprint density at radius 3 is 2.20 bits per heavy atom. The smallest absolute Gasteiger partial charge is 0.171 e. The van der Waals surface area contributed by atoms with E-state index in [1.54, 1.807) is 11.1 Å². The zero-order valence-electron chi connectivity index (χ0n) is 21.9. The van der Waals surface area contributed by atoms with E-state index in [1.165, 1.54) is 70.6 Å². The fraction of sp³-hybridized carbons (Fsp3) is 0.812. The molecule has 0 heterocycles. The van der Waals surface area contributed by atoms with Crippen molar-refractivity contribution in [1.82, 2.24) is 0 Å². The molecule has 196 valence electrons. The second-order valence-corrected chi connectivity index (χ2v) is 13.1. The van der Waals surface area contributed by atoms with E-state index in [1.807, 2.05) is 6.92 Å². The van der Waals surface area contributed by atoms with Gasteiger partial charge in [0.05, 0.1) is 5.92 Å². The van der Waals surface area contributed by atoms with Crippen LogP contribution < -0.4 is 0 Å². The highest BCUT2D eigenvalue weighted by Crippen LogP contribution is 2.50. The van der Waals surface area contributed by atoms with Gasteiger partial charge in [-0.1, -0.05) is 56.1 Å². The summed E-state index contributed by atoms with van der Waals surface area (Å²) in [4.78, 5) is 0. The molecule has 5 aliphatic carbocycles. The van der Waals surface area contributed by atoms with Gasteiger partial charge in [-0.3, -0.25) is 0 Å². The van der Waals surface area contributed by atoms with Crippen LogP contribution >= 0.6 is 0 Å². The number of alkyl halides is 3. The first-order valence-electron chi connectivity index (χ1n) is 15.0. The maximum absolute atomic E-state index is 13.5. The molecule has 5 atom stereocenters. The molecule has 0 aromatic carbocycles. The van der Waals surface area contributed by atoms with E-state index >= 15 is 0 Å². The molecule has 5 rings (SSSR count). The van der Waals surface area contributed by atoms with E-state index in [0.29, 0.717) is 30.6 Å². The summed E-state index contributed by atoms with van der Waals surface area (Å²) in [5.41, 5.74) is 3.36. The second-order valence-electron chi connectivity index (χ2n) is 13.1. The van der Waals surface area contributed by atoms with Crippen LogP contribution in [0, 0.1) is 47.3 Å². The van der Waals surface area contributed by atoms with E-state index in [4.69, 9.17) is 0 Å². The number of allylic oxidation sites excluding steroid dienone is 6. The van der Waals surface area contributed by atoms with E-state index in [9.17, 15) is 13.2 Å². The van der Waals surface area contributed by atoms with Gasteiger partial charge in [-0.2, -0.15) is 13.2 Å². The maximum atomic E-state index is 13.5. The van der Waals surface area contributed by atoms with Crippen LogP contribution in [0.5, 0.6) is 0 Å². The summed E-state index contributed by atoms with van der Waals surface area (Å²) in [6, 6.07) is 0. The monoisotopic (exact) mass is 488 g/mol. The zero-order valence-corrected chi connectivity index (χ0v) is 21.9. The summed E-state index contributed by atoms with van der Waals surface area (Å²) in [5.74, 6) is 2.85. The normalized spacial score (nSPS) is 39.7. The fourth-order valence-electron chi connectivity index (χ4n) is 8.65. The van der Waals surface area contributed by atoms with Crippen molar-refractivity contribution in [3.8, 4) is 0 Å². The van der Waals surface area contributed by atoms with Crippen LogP contribution in [0.1, 0.15) is 110 Å². The Morgan fingerprint density at radius 1 is 0.743 bits per heavy atom. The van der Waals surface area contributed by atoms with Crippen molar-refractivity contribution in [2.24, 2.45) is 47.3 Å². The molecule has 3 heteroatoms. The first-order chi connectivity index (χ1) is 16.9. The fourth-order valence-corrected chi connectivity index (χ4v) is 8.65. The second kappa shape index (κ2) is 11.2. The van der Waals surface area contributed by atoms with Crippen molar-refractivity contribution < 1.29 is 13.2 Å². The molecule has 35 heavy (non-hydrogen) atoms. The highest BCUT2D eigenvalue weighted by molar-refractivity contribution is 5.33. The Bertz CT molecular complexity index is 788. The van der Waals surface area contributed by atoms with E-state index in [-0.39, 0.29) is 11.8 Å². The molecule has 3 fully saturated rings. The Kier molecular flexibility index (Phi) is 8.19. The van der Waals surface area contributed by atoms with Crippen LogP contribution in [0.25, 0.3) is 0 Å². The summed E-state index contributed by atoms with van der Waals surface area (Å²) in [6.07, 6.45) is 24.4. The molecule has 0 aliphatic heterocycles. The van der Waals surface area contributed by atoms with Gasteiger partial charge < -0.3 is 0 Å². The molecule has 0 amide bonds. The van der Waals surface area contributed by atoms with Gasteiger partial charge in [-0.15, -0.1) is 0 Å². The van der Waals surface area contributed by atoms with Crippen molar-refractivity contribution in [2.75, 3.05) is 0 Å². The van der Waals surface area contributed by atoms with Crippen molar-refractivity contribution in [3.05, 3.63) is 35.5 Å². The number of hydrogen-bond acceptors (Lipinski definition) is 0. The maximum Gasteiger partial charge on any atom is 0.391 e. The summed E-state index contributed by atoms with van der Waals surface area (Å²) in [7, 11) is 0. The van der Waals surface area contributed by atoms with Crippen molar-refractivity contribution in [3.63, 3.8) is 0 Å². The molecule has 0 bridgehead atoms. The molecule has 0 N–H and O–H groups in total. The minimum Gasteiger partial charge on any atom is -0.171 e. The molecule has 0 nitrogen and oxygen atoms in total. The topological polar surface area (TPSA) is 0 Å². The van der Waals surface area contributed by atoms with Gasteiger partial charge in [0.15, 0.2) is 0 Å². The largest absolute Gasteiger partial charge is 0.391 e. The number of rotatable bonds is 4. The molecule has 0 aromatic heterocycles. The molecule has 0 radical (unpaired) electrons. The SMILES string of the molecule is CC1CC(C2CCC(C3=CC(C4CC=CCC4)CC(C4CCCCC4)=C3)CC2)CC(C(F)(F)F)C1. The Morgan fingerprint density at radius 2 is 1.51 bits per heavy atom. The van der Waals surface area contributed by atoms with Crippen molar-refractivity contribution >= 4 is 0 Å². The van der Waals surface area contributed by atoms with Gasteiger partial charge in [-0.05, 0) is 130 Å². The summed E-state index contributed by atoms with van der Waals surface area (Å²) in [6.45, 7) is 2.04. The molecule has 0 saturated heterocycles. The van der Waals surface area contributed by atoms with Crippen LogP contribution in [-0.2, 0) is 0 Å². The highest BCUT2D eigenvalue weighted by Gasteiger charge is 2.45. The summed E-state index contributed by atoms with van der Waals surface area (Å²) in [5, 5.41) is 0. The van der Waals surface area contributed by atoms with Crippen LogP contribution in [0.15, 0.2) is 35.5 Å². The standard InChI is InChI=1S/C32H47F3/c1-22-16-27(21-31(17-22)32(33,34)35)25-12-14-26(15-13-25)30-19-28(23-8-4-2-5-9-23)18-29(20-30)24-10-6-3-7-11-24/h2,4,19-20,22-28,31H,3,5-18,21H2,1H3. The number of halogens is 3. The Hall–Kier alpha value is -0.990. The molecule has 5 unspecified atom stereocenters. The molecular weight excluding hydrogens is 441 g/mol. The molecule has 5 aliphatic rings. The predicted octanol–water partition coefficient (Wildman–Crippen LogP) is 10.2. The minimum absolute atomic E-state index is 0.213. The average Bonchev–Trinajstić information content (AvgIpc) is 2.89. The Balaban J connectivity index is 1.26. The van der Waals surface area contributed by atoms with Crippen LogP contribution in [0.2, 0.25) is 0 Å². The minimum atomic E-state index is -4.01. The molecule has 0 spiro atoms. The lowest BCUT2D eigenvalue weighted by Crippen LogP contribution is -2.35. The van der Waals surface area contributed by atoms with E-state index in [2.05, 4.69) is 24.3 Å². The van der Waals surface area contributed by atoms with Crippen molar-refractivity contribution in [1.29, 1.82) is 0 Å². The summed E-state index contributed by atoms with van der Waals surface area (Å²) >= 11 is 0. The Labute approximate surface area is 211 Å². The van der Waals surface area contributed by atoms with E-state index in [0.717, 1.165) is 31.1 Å². The van der Waals surface area contributed by atoms with Gasteiger partial charge in [0.1, 0.15) is 0 Å². The molecule has 0 aromatic rings. The zero-order chi connectivity index (χ0) is 24.4. The first kappa shape index (κ1) is 25.7. The lowest BCUT2D eigenvalue weighted by Gasteiger charge is -2.42. The number of hydrogen-bond donors (Lipinski definition) is 0. The third kappa shape index (κ3) is 6.30.